The van der Waals surface area contributed by atoms with Crippen LogP contribution in [0.5, 0.6) is 0 Å². The molecule has 1 aliphatic heterocycles. The van der Waals surface area contributed by atoms with Crippen molar-refractivity contribution in [3.8, 4) is 6.19 Å². The number of benzene rings is 1. The van der Waals surface area contributed by atoms with Gasteiger partial charge in [-0.3, -0.25) is 9.80 Å². The first-order chi connectivity index (χ1) is 7.79. The van der Waals surface area contributed by atoms with Crippen LogP contribution in [0.2, 0.25) is 0 Å². The molecule has 1 aromatic carbocycles. The Bertz CT molecular complexity index is 449. The number of nitriles is 1. The minimum Gasteiger partial charge on any atom is -0.292 e. The Kier molecular flexibility index (Phi) is 2.83. The van der Waals surface area contributed by atoms with Crippen LogP contribution in [0.15, 0.2) is 35.4 Å². The van der Waals surface area contributed by atoms with Gasteiger partial charge in [-0.15, -0.1) is 0 Å². The van der Waals surface area contributed by atoms with Crippen molar-refractivity contribution < 1.29 is 4.79 Å². The van der Waals surface area contributed by atoms with E-state index in [2.05, 4.69) is 5.10 Å². The Morgan fingerprint density at radius 1 is 1.44 bits per heavy atom. The fourth-order valence-electron chi connectivity index (χ4n) is 1.41. The van der Waals surface area contributed by atoms with Gasteiger partial charge in [0.1, 0.15) is 19.6 Å². The first-order valence-corrected chi connectivity index (χ1v) is 4.83. The van der Waals surface area contributed by atoms with Crippen LogP contribution in [0.4, 0.5) is 0 Å². The molecule has 0 saturated heterocycles. The SMILES string of the molecule is N#CN1C=NN(CC(=O)c2ccccc2)C1. The van der Waals surface area contributed by atoms with Gasteiger partial charge in [-0.05, 0) is 0 Å². The fraction of sp³-hybridized carbons (Fsp3) is 0.182. The second-order valence-electron chi connectivity index (χ2n) is 3.40. The lowest BCUT2D eigenvalue weighted by molar-refractivity contribution is 0.0929. The summed E-state index contributed by atoms with van der Waals surface area (Å²) < 4.78 is 0. The summed E-state index contributed by atoms with van der Waals surface area (Å²) in [6, 6.07) is 9.04. The summed E-state index contributed by atoms with van der Waals surface area (Å²) in [6.07, 6.45) is 3.35. The van der Waals surface area contributed by atoms with E-state index in [1.165, 1.54) is 11.2 Å². The Hall–Kier alpha value is -2.35. The molecule has 0 fully saturated rings. The highest BCUT2D eigenvalue weighted by Gasteiger charge is 2.16. The van der Waals surface area contributed by atoms with Crippen LogP contribution < -0.4 is 0 Å². The van der Waals surface area contributed by atoms with E-state index in [4.69, 9.17) is 5.26 Å². The third-order valence-corrected chi connectivity index (χ3v) is 2.22. The number of Topliss-reactive ketones (excluding diaryl/α,β-unsaturated/α-hetero) is 1. The van der Waals surface area contributed by atoms with Crippen LogP contribution in [0.3, 0.4) is 0 Å². The molecule has 80 valence electrons. The largest absolute Gasteiger partial charge is 0.292 e. The van der Waals surface area contributed by atoms with E-state index >= 15 is 0 Å². The zero-order chi connectivity index (χ0) is 11.4. The summed E-state index contributed by atoms with van der Waals surface area (Å²) in [7, 11) is 0. The van der Waals surface area contributed by atoms with Crippen LogP contribution in [0, 0.1) is 11.5 Å². The van der Waals surface area contributed by atoms with Crippen molar-refractivity contribution >= 4 is 12.1 Å². The second kappa shape index (κ2) is 4.45. The van der Waals surface area contributed by atoms with Crippen molar-refractivity contribution in [1.82, 2.24) is 9.91 Å². The Labute approximate surface area is 93.2 Å². The zero-order valence-corrected chi connectivity index (χ0v) is 8.58. The molecule has 0 bridgehead atoms. The normalized spacial score (nSPS) is 13.9. The molecule has 0 amide bonds. The summed E-state index contributed by atoms with van der Waals surface area (Å²) in [5.74, 6) is -0.00228. The van der Waals surface area contributed by atoms with Gasteiger partial charge >= 0.3 is 0 Å². The van der Waals surface area contributed by atoms with Gasteiger partial charge in [-0.2, -0.15) is 10.4 Å². The molecule has 1 aliphatic rings. The first-order valence-electron chi connectivity index (χ1n) is 4.83. The molecular weight excluding hydrogens is 204 g/mol. The molecule has 1 heterocycles. The average molecular weight is 214 g/mol. The van der Waals surface area contributed by atoms with Gasteiger partial charge in [0, 0.05) is 5.56 Å². The third kappa shape index (κ3) is 2.17. The van der Waals surface area contributed by atoms with Gasteiger partial charge in [0.05, 0.1) is 0 Å². The van der Waals surface area contributed by atoms with Crippen LogP contribution in [0.1, 0.15) is 10.4 Å². The van der Waals surface area contributed by atoms with E-state index in [9.17, 15) is 4.79 Å². The molecule has 0 spiro atoms. The molecule has 2 rings (SSSR count). The lowest BCUT2D eigenvalue weighted by atomic mass is 10.1. The maximum Gasteiger partial charge on any atom is 0.186 e. The topological polar surface area (TPSA) is 59.7 Å². The van der Waals surface area contributed by atoms with Gasteiger partial charge in [0.25, 0.3) is 0 Å². The van der Waals surface area contributed by atoms with Crippen molar-refractivity contribution in [1.29, 1.82) is 5.26 Å². The van der Waals surface area contributed by atoms with Crippen molar-refractivity contribution in [2.24, 2.45) is 5.10 Å². The van der Waals surface area contributed by atoms with Crippen LogP contribution in [-0.4, -0.2) is 35.2 Å². The van der Waals surface area contributed by atoms with E-state index in [-0.39, 0.29) is 12.3 Å². The number of carbonyl (C=O) groups excluding carboxylic acids is 1. The predicted octanol–water partition coefficient (Wildman–Crippen LogP) is 0.869. The van der Waals surface area contributed by atoms with E-state index in [1.54, 1.807) is 17.1 Å². The average Bonchev–Trinajstić information content (AvgIpc) is 2.78. The molecule has 5 nitrogen and oxygen atoms in total. The Balaban J connectivity index is 1.95. The van der Waals surface area contributed by atoms with Crippen molar-refractivity contribution in [2.45, 2.75) is 0 Å². The monoisotopic (exact) mass is 214 g/mol. The van der Waals surface area contributed by atoms with Crippen LogP contribution in [-0.2, 0) is 0 Å². The first kappa shape index (κ1) is 10.2. The number of nitrogens with zero attached hydrogens (tertiary/aromatic N) is 4. The quantitative estimate of drug-likeness (QED) is 0.553. The maximum atomic E-state index is 11.8. The molecule has 0 N–H and O–H groups in total. The van der Waals surface area contributed by atoms with Gasteiger partial charge in [0.2, 0.25) is 0 Å². The highest BCUT2D eigenvalue weighted by atomic mass is 16.1. The molecular formula is C11H10N4O. The van der Waals surface area contributed by atoms with E-state index in [1.807, 2.05) is 24.4 Å². The Morgan fingerprint density at radius 3 is 2.81 bits per heavy atom. The van der Waals surface area contributed by atoms with Crippen LogP contribution in [0.25, 0.3) is 0 Å². The molecule has 0 atom stereocenters. The minimum absolute atomic E-state index is 0.00228. The van der Waals surface area contributed by atoms with E-state index in [0.717, 1.165) is 0 Å². The van der Waals surface area contributed by atoms with Crippen LogP contribution >= 0.6 is 0 Å². The highest BCUT2D eigenvalue weighted by molar-refractivity contribution is 5.97. The molecule has 0 aliphatic carbocycles. The molecule has 0 aromatic heterocycles. The number of hydrogen-bond donors (Lipinski definition) is 0. The molecule has 16 heavy (non-hydrogen) atoms. The second-order valence-corrected chi connectivity index (χ2v) is 3.40. The zero-order valence-electron chi connectivity index (χ0n) is 8.58. The summed E-state index contributed by atoms with van der Waals surface area (Å²) >= 11 is 0. The summed E-state index contributed by atoms with van der Waals surface area (Å²) in [5.41, 5.74) is 0.660. The number of hydrogen-bond acceptors (Lipinski definition) is 5. The number of hydrazone groups is 1. The number of carbonyl (C=O) groups is 1. The summed E-state index contributed by atoms with van der Waals surface area (Å²) in [4.78, 5) is 13.1. The van der Waals surface area contributed by atoms with Gasteiger partial charge < -0.3 is 0 Å². The number of rotatable bonds is 3. The van der Waals surface area contributed by atoms with Crippen molar-refractivity contribution in [3.63, 3.8) is 0 Å². The molecule has 5 heteroatoms. The lowest BCUT2D eigenvalue weighted by Gasteiger charge is -2.13. The smallest absolute Gasteiger partial charge is 0.186 e. The van der Waals surface area contributed by atoms with Gasteiger partial charge in [-0.1, -0.05) is 30.3 Å². The maximum absolute atomic E-state index is 11.8. The summed E-state index contributed by atoms with van der Waals surface area (Å²) in [6.45, 7) is 0.535. The Morgan fingerprint density at radius 2 is 2.19 bits per heavy atom. The third-order valence-electron chi connectivity index (χ3n) is 2.22. The lowest BCUT2D eigenvalue weighted by Crippen LogP contribution is -2.28. The molecule has 0 saturated carbocycles. The van der Waals surface area contributed by atoms with Crippen molar-refractivity contribution in [3.05, 3.63) is 35.9 Å². The molecule has 0 radical (unpaired) electrons. The highest BCUT2D eigenvalue weighted by Crippen LogP contribution is 2.05. The fourth-order valence-corrected chi connectivity index (χ4v) is 1.41. The molecule has 0 unspecified atom stereocenters. The predicted molar refractivity (Wildman–Crippen MR) is 58.3 cm³/mol. The summed E-state index contributed by atoms with van der Waals surface area (Å²) in [5, 5.41) is 14.1. The molecule has 1 aromatic rings. The van der Waals surface area contributed by atoms with E-state index in [0.29, 0.717) is 12.2 Å². The van der Waals surface area contributed by atoms with Crippen molar-refractivity contribution in [2.75, 3.05) is 13.2 Å². The van der Waals surface area contributed by atoms with E-state index < -0.39 is 0 Å². The minimum atomic E-state index is -0.00228. The van der Waals surface area contributed by atoms with Gasteiger partial charge in [0.15, 0.2) is 12.0 Å². The van der Waals surface area contributed by atoms with Gasteiger partial charge in [-0.25, -0.2) is 4.90 Å². The standard InChI is InChI=1S/C11H10N4O/c12-7-14-8-13-15(9-14)6-11(16)10-4-2-1-3-5-10/h1-5,8H,6,9H2. The number of ketones is 1.